The largest absolute Gasteiger partial charge is 0.497 e. The minimum absolute atomic E-state index is 0.120. The lowest BCUT2D eigenvalue weighted by molar-refractivity contribution is -0.142. The van der Waals surface area contributed by atoms with Crippen molar-refractivity contribution in [3.05, 3.63) is 47.5 Å². The Kier molecular flexibility index (Phi) is 7.68. The Labute approximate surface area is 164 Å². The first-order valence-corrected chi connectivity index (χ1v) is 8.64. The molecule has 2 rings (SSSR count). The third kappa shape index (κ3) is 5.39. The van der Waals surface area contributed by atoms with E-state index in [1.165, 1.54) is 21.3 Å². The maximum atomic E-state index is 12.1. The molecule has 2 aromatic carbocycles. The predicted molar refractivity (Wildman–Crippen MR) is 103 cm³/mol. The van der Waals surface area contributed by atoms with Crippen molar-refractivity contribution in [2.24, 2.45) is 0 Å². The van der Waals surface area contributed by atoms with E-state index >= 15 is 0 Å². The van der Waals surface area contributed by atoms with E-state index in [0.717, 1.165) is 5.56 Å². The zero-order valence-electron chi connectivity index (χ0n) is 16.4. The number of benzene rings is 2. The molecule has 7 nitrogen and oxygen atoms in total. The van der Waals surface area contributed by atoms with Gasteiger partial charge in [0.15, 0.2) is 23.9 Å². The number of rotatable bonds is 10. The van der Waals surface area contributed by atoms with Crippen molar-refractivity contribution in [2.75, 3.05) is 35.0 Å². The maximum absolute atomic E-state index is 12.1. The summed E-state index contributed by atoms with van der Waals surface area (Å²) >= 11 is 0. The number of ether oxygens (including phenoxy) is 5. The van der Waals surface area contributed by atoms with Crippen LogP contribution in [-0.2, 0) is 16.0 Å². The minimum Gasteiger partial charge on any atom is -0.497 e. The van der Waals surface area contributed by atoms with Gasteiger partial charge in [-0.15, -0.1) is 0 Å². The molecule has 28 heavy (non-hydrogen) atoms. The third-order valence-corrected chi connectivity index (χ3v) is 4.12. The van der Waals surface area contributed by atoms with E-state index in [0.29, 0.717) is 35.0 Å². The maximum Gasteiger partial charge on any atom is 0.306 e. The predicted octanol–water partition coefficient (Wildman–Crippen LogP) is 3.08. The molecule has 0 heterocycles. The van der Waals surface area contributed by atoms with Crippen LogP contribution in [0.3, 0.4) is 0 Å². The van der Waals surface area contributed by atoms with Crippen molar-refractivity contribution in [1.29, 1.82) is 0 Å². The highest BCUT2D eigenvalue weighted by atomic mass is 16.5. The number of Topliss-reactive ketones (excluding diaryl/α,β-unsaturated/α-hetero) is 1. The van der Waals surface area contributed by atoms with Crippen molar-refractivity contribution < 1.29 is 33.3 Å². The van der Waals surface area contributed by atoms with E-state index in [1.54, 1.807) is 43.5 Å². The highest BCUT2D eigenvalue weighted by Gasteiger charge is 2.15. The van der Waals surface area contributed by atoms with Crippen LogP contribution in [0.5, 0.6) is 23.0 Å². The fourth-order valence-corrected chi connectivity index (χ4v) is 2.60. The molecule has 0 fully saturated rings. The van der Waals surface area contributed by atoms with Gasteiger partial charge in [0.25, 0.3) is 0 Å². The quantitative estimate of drug-likeness (QED) is 0.457. The molecule has 150 valence electrons. The zero-order valence-corrected chi connectivity index (χ0v) is 16.4. The lowest BCUT2D eigenvalue weighted by Gasteiger charge is -2.14. The first-order chi connectivity index (χ1) is 13.5. The van der Waals surface area contributed by atoms with Crippen molar-refractivity contribution in [3.63, 3.8) is 0 Å². The summed E-state index contributed by atoms with van der Waals surface area (Å²) in [6.07, 6.45) is 0.529. The summed E-state index contributed by atoms with van der Waals surface area (Å²) in [5, 5.41) is 0. The summed E-state index contributed by atoms with van der Waals surface area (Å²) in [5.74, 6) is 1.43. The Bertz CT molecular complexity index is 787. The van der Waals surface area contributed by atoms with Gasteiger partial charge in [0.05, 0.1) is 28.4 Å². The van der Waals surface area contributed by atoms with Crippen LogP contribution in [0.4, 0.5) is 0 Å². The fourth-order valence-electron chi connectivity index (χ4n) is 2.60. The Morgan fingerprint density at radius 2 is 1.43 bits per heavy atom. The second-order valence-electron chi connectivity index (χ2n) is 5.85. The molecule has 0 spiro atoms. The Balaban J connectivity index is 1.90. The highest BCUT2D eigenvalue weighted by molar-refractivity contribution is 5.98. The van der Waals surface area contributed by atoms with Gasteiger partial charge in [-0.25, -0.2) is 0 Å². The second-order valence-corrected chi connectivity index (χ2v) is 5.85. The molecule has 0 aliphatic heterocycles. The molecular weight excluding hydrogens is 364 g/mol. The van der Waals surface area contributed by atoms with Crippen molar-refractivity contribution >= 4 is 11.8 Å². The van der Waals surface area contributed by atoms with Crippen molar-refractivity contribution in [3.8, 4) is 23.0 Å². The summed E-state index contributed by atoms with van der Waals surface area (Å²) in [5.41, 5.74) is 1.28. The van der Waals surface area contributed by atoms with Crippen LogP contribution in [0.25, 0.3) is 0 Å². The zero-order chi connectivity index (χ0) is 20.5. The molecule has 0 atom stereocenters. The van der Waals surface area contributed by atoms with Crippen LogP contribution in [-0.4, -0.2) is 46.8 Å². The van der Waals surface area contributed by atoms with E-state index in [4.69, 9.17) is 23.7 Å². The molecular formula is C21H24O7. The first kappa shape index (κ1) is 21.1. The van der Waals surface area contributed by atoms with Gasteiger partial charge >= 0.3 is 5.97 Å². The first-order valence-electron chi connectivity index (χ1n) is 8.64. The summed E-state index contributed by atoms with van der Waals surface area (Å²) in [4.78, 5) is 24.1. The standard InChI is InChI=1S/C21H24O7/c1-24-16-8-6-15(7-9-16)17(22)13-28-20(23)10-5-14-11-18(25-2)21(27-4)19(12-14)26-3/h6-9,11-12H,5,10,13H2,1-4H3. The number of carbonyl (C=O) groups is 2. The molecule has 0 amide bonds. The molecule has 0 N–H and O–H groups in total. The number of esters is 1. The van der Waals surface area contributed by atoms with Gasteiger partial charge in [-0.3, -0.25) is 9.59 Å². The summed E-state index contributed by atoms with van der Waals surface area (Å²) in [6, 6.07) is 10.2. The van der Waals surface area contributed by atoms with Crippen LogP contribution in [0.15, 0.2) is 36.4 Å². The number of hydrogen-bond donors (Lipinski definition) is 0. The summed E-state index contributed by atoms with van der Waals surface area (Å²) in [6.45, 7) is -0.305. The Morgan fingerprint density at radius 1 is 0.821 bits per heavy atom. The monoisotopic (exact) mass is 388 g/mol. The average molecular weight is 388 g/mol. The number of methoxy groups -OCH3 is 4. The Hall–Kier alpha value is -3.22. The lowest BCUT2D eigenvalue weighted by Crippen LogP contribution is -2.14. The summed E-state index contributed by atoms with van der Waals surface area (Å²) in [7, 11) is 6.13. The Morgan fingerprint density at radius 3 is 1.93 bits per heavy atom. The van der Waals surface area contributed by atoms with Gasteiger partial charge in [0.1, 0.15) is 5.75 Å². The highest BCUT2D eigenvalue weighted by Crippen LogP contribution is 2.38. The molecule has 0 aliphatic rings. The SMILES string of the molecule is COc1ccc(C(=O)COC(=O)CCc2cc(OC)c(OC)c(OC)c2)cc1. The van der Waals surface area contributed by atoms with Gasteiger partial charge in [-0.2, -0.15) is 0 Å². The second kappa shape index (κ2) is 10.2. The minimum atomic E-state index is -0.462. The molecule has 0 unspecified atom stereocenters. The molecule has 2 aromatic rings. The van der Waals surface area contributed by atoms with E-state index < -0.39 is 5.97 Å². The number of carbonyl (C=O) groups excluding carboxylic acids is 2. The van der Waals surface area contributed by atoms with Crippen LogP contribution >= 0.6 is 0 Å². The van der Waals surface area contributed by atoms with Gasteiger partial charge in [0, 0.05) is 12.0 Å². The molecule has 0 saturated carbocycles. The van der Waals surface area contributed by atoms with Crippen LogP contribution < -0.4 is 18.9 Å². The topological polar surface area (TPSA) is 80.3 Å². The van der Waals surface area contributed by atoms with Gasteiger partial charge in [-0.1, -0.05) is 0 Å². The van der Waals surface area contributed by atoms with Gasteiger partial charge in [-0.05, 0) is 48.4 Å². The molecule has 0 bridgehead atoms. The van der Waals surface area contributed by atoms with E-state index in [9.17, 15) is 9.59 Å². The molecule has 0 saturated heterocycles. The summed E-state index contributed by atoms with van der Waals surface area (Å²) < 4.78 is 26.0. The van der Waals surface area contributed by atoms with Gasteiger partial charge in [0.2, 0.25) is 5.75 Å². The third-order valence-electron chi connectivity index (χ3n) is 4.12. The van der Waals surface area contributed by atoms with Crippen molar-refractivity contribution in [1.82, 2.24) is 0 Å². The smallest absolute Gasteiger partial charge is 0.306 e. The number of hydrogen-bond acceptors (Lipinski definition) is 7. The average Bonchev–Trinajstić information content (AvgIpc) is 2.74. The van der Waals surface area contributed by atoms with E-state index in [-0.39, 0.29) is 18.8 Å². The van der Waals surface area contributed by atoms with Crippen LogP contribution in [0.1, 0.15) is 22.3 Å². The van der Waals surface area contributed by atoms with Crippen molar-refractivity contribution in [2.45, 2.75) is 12.8 Å². The molecule has 0 radical (unpaired) electrons. The fraction of sp³-hybridized carbons (Fsp3) is 0.333. The molecule has 0 aliphatic carbocycles. The lowest BCUT2D eigenvalue weighted by atomic mass is 10.1. The molecule has 7 heteroatoms. The normalized spacial score (nSPS) is 10.1. The number of aryl methyl sites for hydroxylation is 1. The van der Waals surface area contributed by atoms with Crippen LogP contribution in [0, 0.1) is 0 Å². The van der Waals surface area contributed by atoms with E-state index in [1.807, 2.05) is 0 Å². The van der Waals surface area contributed by atoms with Gasteiger partial charge < -0.3 is 23.7 Å². The number of ketones is 1. The van der Waals surface area contributed by atoms with Crippen LogP contribution in [0.2, 0.25) is 0 Å². The molecule has 0 aromatic heterocycles. The van der Waals surface area contributed by atoms with E-state index in [2.05, 4.69) is 0 Å².